The molecular formula is C20H36Cl2O2Si2Zr. The maximum Gasteiger partial charge on any atom is -0.147 e. The van der Waals surface area contributed by atoms with Crippen molar-refractivity contribution in [3.05, 3.63) is 42.4 Å². The van der Waals surface area contributed by atoms with Gasteiger partial charge in [-0.1, -0.05) is 0 Å². The minimum Gasteiger partial charge on any atom is -0.147 e. The number of rotatable bonds is 8. The van der Waals surface area contributed by atoms with Crippen LogP contribution < -0.4 is 0 Å². The molecule has 154 valence electrons. The summed E-state index contributed by atoms with van der Waals surface area (Å²) in [5.74, 6) is 2.41. The Bertz CT molecular complexity index is 582. The zero-order valence-electron chi connectivity index (χ0n) is 18.0. The summed E-state index contributed by atoms with van der Waals surface area (Å²) in [6.45, 7) is 18.5. The van der Waals surface area contributed by atoms with E-state index in [2.05, 4.69) is 78.2 Å². The number of halogens is 2. The van der Waals surface area contributed by atoms with Crippen LogP contribution in [0.15, 0.2) is 42.4 Å². The van der Waals surface area contributed by atoms with Crippen LogP contribution in [-0.2, 0) is 32.1 Å². The molecule has 0 saturated carbocycles. The van der Waals surface area contributed by atoms with Crippen molar-refractivity contribution in [1.82, 2.24) is 0 Å². The summed E-state index contributed by atoms with van der Waals surface area (Å²) in [5.41, 5.74) is 1.26. The van der Waals surface area contributed by atoms with E-state index in [9.17, 15) is 0 Å². The maximum atomic E-state index is 6.56. The summed E-state index contributed by atoms with van der Waals surface area (Å²) in [6, 6.07) is 0. The van der Waals surface area contributed by atoms with Crippen molar-refractivity contribution in [3.8, 4) is 0 Å². The predicted octanol–water partition coefficient (Wildman–Crippen LogP) is 7.52. The van der Waals surface area contributed by atoms with Crippen molar-refractivity contribution in [1.29, 1.82) is 0 Å². The van der Waals surface area contributed by atoms with Crippen molar-refractivity contribution in [2.24, 2.45) is 0 Å². The first-order valence-corrected chi connectivity index (χ1v) is 17.9. The van der Waals surface area contributed by atoms with Crippen LogP contribution in [0, 0.1) is 0 Å². The Labute approximate surface area is 192 Å². The molecule has 2 nitrogen and oxygen atoms in total. The monoisotopic (exact) mass is 524 g/mol. The molecule has 0 atom stereocenters. The van der Waals surface area contributed by atoms with Crippen molar-refractivity contribution < 1.29 is 32.1 Å². The average Bonchev–Trinajstić information content (AvgIpc) is 3.09. The van der Waals surface area contributed by atoms with Crippen LogP contribution >= 0.6 is 24.8 Å². The van der Waals surface area contributed by atoms with E-state index in [-0.39, 0.29) is 24.8 Å². The summed E-state index contributed by atoms with van der Waals surface area (Å²) in [6.07, 6.45) is 11.2. The van der Waals surface area contributed by atoms with E-state index < -0.39 is 39.9 Å². The Morgan fingerprint density at radius 1 is 0.741 bits per heavy atom. The summed E-state index contributed by atoms with van der Waals surface area (Å²) in [5, 5.41) is 0. The smallest absolute Gasteiger partial charge is 0.147 e. The van der Waals surface area contributed by atoms with E-state index in [0.29, 0.717) is 11.1 Å². The van der Waals surface area contributed by atoms with Gasteiger partial charge in [-0.3, -0.25) is 0 Å². The van der Waals surface area contributed by atoms with Crippen LogP contribution in [0.25, 0.3) is 0 Å². The first-order chi connectivity index (χ1) is 11.5. The zero-order valence-corrected chi connectivity index (χ0v) is 24.1. The van der Waals surface area contributed by atoms with Crippen molar-refractivity contribution in [2.75, 3.05) is 0 Å². The molecule has 2 aliphatic rings. The minimum absolute atomic E-state index is 0. The molecule has 0 aromatic heterocycles. The molecular weight excluding hydrogens is 491 g/mol. The molecule has 0 fully saturated rings. The average molecular weight is 527 g/mol. The number of hydrogen-bond acceptors (Lipinski definition) is 2. The van der Waals surface area contributed by atoms with E-state index in [1.165, 1.54) is 11.5 Å². The van der Waals surface area contributed by atoms with E-state index in [0.717, 1.165) is 12.8 Å². The fraction of sp³-hybridized carbons (Fsp3) is 0.600. The molecule has 2 rings (SSSR count). The molecule has 27 heavy (non-hydrogen) atoms. The topological polar surface area (TPSA) is 18.5 Å². The van der Waals surface area contributed by atoms with Gasteiger partial charge in [-0.15, -0.1) is 24.8 Å². The third kappa shape index (κ3) is 7.33. The second-order valence-corrected chi connectivity index (χ2v) is 21.5. The Morgan fingerprint density at radius 2 is 1.07 bits per heavy atom. The van der Waals surface area contributed by atoms with Gasteiger partial charge in [-0.2, -0.15) is 0 Å². The summed E-state index contributed by atoms with van der Waals surface area (Å²) >= 11 is -0.819. The zero-order chi connectivity index (χ0) is 18.8. The molecule has 0 N–H and O–H groups in total. The second-order valence-electron chi connectivity index (χ2n) is 8.74. The van der Waals surface area contributed by atoms with Crippen LogP contribution in [0.1, 0.15) is 40.5 Å². The van der Waals surface area contributed by atoms with E-state index in [4.69, 9.17) is 8.85 Å². The molecule has 0 heterocycles. The molecule has 7 heteroatoms. The Hall–Kier alpha value is 0.457. The van der Waals surface area contributed by atoms with Gasteiger partial charge in [0.2, 0.25) is 0 Å². The van der Waals surface area contributed by atoms with Crippen LogP contribution in [0.4, 0.5) is 0 Å². The number of hydrogen-bond donors (Lipinski definition) is 0. The van der Waals surface area contributed by atoms with Gasteiger partial charge in [0.25, 0.3) is 0 Å². The second kappa shape index (κ2) is 11.0. The van der Waals surface area contributed by atoms with Crippen LogP contribution in [0.2, 0.25) is 37.3 Å². The minimum atomic E-state index is -1.65. The third-order valence-electron chi connectivity index (χ3n) is 5.61. The summed E-state index contributed by atoms with van der Waals surface area (Å²) in [7, 11) is -3.30. The van der Waals surface area contributed by atoms with Crippen molar-refractivity contribution in [2.45, 2.75) is 77.8 Å². The molecule has 2 aliphatic carbocycles. The van der Waals surface area contributed by atoms with E-state index in [1.807, 2.05) is 0 Å². The number of allylic oxidation sites excluding steroid dienone is 6. The van der Waals surface area contributed by atoms with Crippen LogP contribution in [0.3, 0.4) is 0 Å². The fourth-order valence-electron chi connectivity index (χ4n) is 2.37. The van der Waals surface area contributed by atoms with Gasteiger partial charge in [0.1, 0.15) is 0 Å². The van der Waals surface area contributed by atoms with E-state index >= 15 is 0 Å². The summed E-state index contributed by atoms with van der Waals surface area (Å²) in [4.78, 5) is 0. The first kappa shape index (κ1) is 27.5. The molecule has 0 spiro atoms. The molecule has 0 bridgehead atoms. The fourth-order valence-corrected chi connectivity index (χ4v) is 8.10. The van der Waals surface area contributed by atoms with Crippen molar-refractivity contribution in [3.63, 3.8) is 0 Å². The SMILES string of the molecule is CC(C)[Si](C)(C)OC1=[C]([Zr][C]2=C(O[Si](C)(C)C(C)C)C=CC2)CC=C1.Cl.Cl. The van der Waals surface area contributed by atoms with Crippen LogP contribution in [0.5, 0.6) is 0 Å². The normalized spacial score (nSPS) is 16.8. The summed E-state index contributed by atoms with van der Waals surface area (Å²) < 4.78 is 16.3. The van der Waals surface area contributed by atoms with Gasteiger partial charge in [0, 0.05) is 0 Å². The van der Waals surface area contributed by atoms with Crippen molar-refractivity contribution >= 4 is 41.4 Å². The molecule has 0 amide bonds. The van der Waals surface area contributed by atoms with Gasteiger partial charge in [-0.05, 0) is 0 Å². The molecule has 0 unspecified atom stereocenters. The van der Waals surface area contributed by atoms with E-state index in [1.54, 1.807) is 6.56 Å². The molecule has 0 radical (unpaired) electrons. The molecule has 0 aromatic carbocycles. The molecule has 0 aliphatic heterocycles. The third-order valence-corrected chi connectivity index (χ3v) is 16.4. The van der Waals surface area contributed by atoms with Gasteiger partial charge >= 0.3 is 169 Å². The largest absolute Gasteiger partial charge is 0.147 e. The standard InChI is InChI=1S/2C10H17OSi.2ClH.Zr/c2*1-9(2)12(3,4)11-10-7-5-6-8-10;;;/h2*5,7,9H,6H2,1-4H3;2*1H;. The Kier molecular flexibility index (Phi) is 11.2. The molecule has 0 aromatic rings. The van der Waals surface area contributed by atoms with Gasteiger partial charge in [-0.25, -0.2) is 0 Å². The van der Waals surface area contributed by atoms with Gasteiger partial charge in [0.15, 0.2) is 0 Å². The molecule has 0 saturated heterocycles. The first-order valence-electron chi connectivity index (χ1n) is 9.47. The van der Waals surface area contributed by atoms with Gasteiger partial charge < -0.3 is 0 Å². The maximum absolute atomic E-state index is 6.56. The van der Waals surface area contributed by atoms with Gasteiger partial charge in [0.05, 0.1) is 0 Å². The van der Waals surface area contributed by atoms with Crippen LogP contribution in [-0.4, -0.2) is 16.6 Å². The Balaban J connectivity index is 0.00000338. The predicted molar refractivity (Wildman–Crippen MR) is 123 cm³/mol. The quantitative estimate of drug-likeness (QED) is 0.305. The Morgan fingerprint density at radius 3 is 1.37 bits per heavy atom.